The highest BCUT2D eigenvalue weighted by Crippen LogP contribution is 2.32. The molecule has 0 fully saturated rings. The van der Waals surface area contributed by atoms with E-state index in [1.807, 2.05) is 12.1 Å². The number of nitrogens with zero attached hydrogens (tertiary/aromatic N) is 2. The van der Waals surface area contributed by atoms with Crippen LogP contribution in [-0.4, -0.2) is 50.3 Å². The molecule has 1 N–H and O–H groups in total. The van der Waals surface area contributed by atoms with Crippen molar-refractivity contribution < 1.29 is 9.84 Å². The van der Waals surface area contributed by atoms with Crippen LogP contribution in [0.2, 0.25) is 0 Å². The summed E-state index contributed by atoms with van der Waals surface area (Å²) in [7, 11) is 4.20. The fourth-order valence-electron chi connectivity index (χ4n) is 2.23. The van der Waals surface area contributed by atoms with Crippen molar-refractivity contribution >= 4 is 5.69 Å². The summed E-state index contributed by atoms with van der Waals surface area (Å²) in [6.07, 6.45) is 1.15. The standard InChI is InChI=1S/C14H22N2O2/c1-15(2)6-3-7-16-8-9-18-14-10-12(11-17)4-5-13(14)16/h4-5,10,17H,3,6-9,11H2,1-2H3. The van der Waals surface area contributed by atoms with Crippen molar-refractivity contribution in [3.8, 4) is 5.75 Å². The summed E-state index contributed by atoms with van der Waals surface area (Å²) >= 11 is 0. The normalized spacial score (nSPS) is 14.6. The first kappa shape index (κ1) is 13.2. The van der Waals surface area contributed by atoms with E-state index in [-0.39, 0.29) is 6.61 Å². The summed E-state index contributed by atoms with van der Waals surface area (Å²) in [5, 5.41) is 9.13. The third-order valence-corrected chi connectivity index (χ3v) is 3.20. The lowest BCUT2D eigenvalue weighted by atomic mass is 10.1. The van der Waals surface area contributed by atoms with E-state index in [4.69, 9.17) is 9.84 Å². The molecule has 100 valence electrons. The van der Waals surface area contributed by atoms with E-state index in [2.05, 4.69) is 30.0 Å². The molecule has 18 heavy (non-hydrogen) atoms. The third-order valence-electron chi connectivity index (χ3n) is 3.20. The van der Waals surface area contributed by atoms with Gasteiger partial charge in [-0.2, -0.15) is 0 Å². The molecule has 0 aromatic heterocycles. The minimum Gasteiger partial charge on any atom is -0.490 e. The van der Waals surface area contributed by atoms with Gasteiger partial charge in [0.25, 0.3) is 0 Å². The predicted octanol–water partition coefficient (Wildman–Crippen LogP) is 1.33. The molecule has 0 spiro atoms. The Morgan fingerprint density at radius 3 is 2.94 bits per heavy atom. The average Bonchev–Trinajstić information content (AvgIpc) is 2.38. The Morgan fingerprint density at radius 2 is 2.22 bits per heavy atom. The molecule has 0 saturated heterocycles. The number of ether oxygens (including phenoxy) is 1. The fourth-order valence-corrected chi connectivity index (χ4v) is 2.23. The molecule has 0 unspecified atom stereocenters. The van der Waals surface area contributed by atoms with Gasteiger partial charge in [-0.3, -0.25) is 0 Å². The zero-order valence-electron chi connectivity index (χ0n) is 11.2. The number of benzene rings is 1. The van der Waals surface area contributed by atoms with Crippen molar-refractivity contribution in [2.45, 2.75) is 13.0 Å². The Kier molecular flexibility index (Phi) is 4.44. The topological polar surface area (TPSA) is 35.9 Å². The molecule has 0 saturated carbocycles. The van der Waals surface area contributed by atoms with E-state index in [1.165, 1.54) is 0 Å². The maximum absolute atomic E-state index is 9.13. The zero-order valence-corrected chi connectivity index (χ0v) is 11.2. The Balaban J connectivity index is 2.03. The van der Waals surface area contributed by atoms with Crippen LogP contribution in [-0.2, 0) is 6.61 Å². The van der Waals surface area contributed by atoms with Crippen LogP contribution < -0.4 is 9.64 Å². The summed E-state index contributed by atoms with van der Waals surface area (Å²) in [5.74, 6) is 0.901. The zero-order chi connectivity index (χ0) is 13.0. The van der Waals surface area contributed by atoms with E-state index < -0.39 is 0 Å². The van der Waals surface area contributed by atoms with Gasteiger partial charge >= 0.3 is 0 Å². The number of rotatable bonds is 5. The average molecular weight is 250 g/mol. The Hall–Kier alpha value is -1.26. The van der Waals surface area contributed by atoms with Gasteiger partial charge in [0.1, 0.15) is 12.4 Å². The van der Waals surface area contributed by atoms with Gasteiger partial charge in [0.15, 0.2) is 0 Å². The summed E-state index contributed by atoms with van der Waals surface area (Å²) in [4.78, 5) is 4.57. The Labute approximate surface area is 109 Å². The second-order valence-electron chi connectivity index (χ2n) is 4.95. The molecule has 1 aliphatic rings. The second kappa shape index (κ2) is 6.07. The first-order valence-corrected chi connectivity index (χ1v) is 6.47. The van der Waals surface area contributed by atoms with Gasteiger partial charge in [-0.1, -0.05) is 6.07 Å². The molecule has 1 aromatic rings. The fraction of sp³-hybridized carbons (Fsp3) is 0.571. The van der Waals surface area contributed by atoms with E-state index in [1.54, 1.807) is 0 Å². The highest BCUT2D eigenvalue weighted by molar-refractivity contribution is 5.61. The van der Waals surface area contributed by atoms with Crippen LogP contribution in [0.15, 0.2) is 18.2 Å². The molecule has 0 amide bonds. The monoisotopic (exact) mass is 250 g/mol. The summed E-state index contributed by atoms with van der Waals surface area (Å²) < 4.78 is 5.66. The lowest BCUT2D eigenvalue weighted by Crippen LogP contribution is -2.34. The van der Waals surface area contributed by atoms with Crippen molar-refractivity contribution in [2.24, 2.45) is 0 Å². The summed E-state index contributed by atoms with van der Waals surface area (Å²) in [5.41, 5.74) is 2.06. The van der Waals surface area contributed by atoms with Crippen molar-refractivity contribution in [1.82, 2.24) is 4.90 Å². The van der Waals surface area contributed by atoms with E-state index in [0.29, 0.717) is 0 Å². The molecular weight excluding hydrogens is 228 g/mol. The summed E-state index contributed by atoms with van der Waals surface area (Å²) in [6.45, 7) is 3.88. The lowest BCUT2D eigenvalue weighted by Gasteiger charge is -2.31. The molecule has 4 nitrogen and oxygen atoms in total. The van der Waals surface area contributed by atoms with Crippen LogP contribution in [0.3, 0.4) is 0 Å². The highest BCUT2D eigenvalue weighted by Gasteiger charge is 2.17. The first-order chi connectivity index (χ1) is 8.70. The van der Waals surface area contributed by atoms with Gasteiger partial charge < -0.3 is 19.6 Å². The Morgan fingerprint density at radius 1 is 1.39 bits per heavy atom. The van der Waals surface area contributed by atoms with Gasteiger partial charge in [0, 0.05) is 6.54 Å². The number of anilines is 1. The second-order valence-corrected chi connectivity index (χ2v) is 4.95. The molecule has 1 heterocycles. The summed E-state index contributed by atoms with van der Waals surface area (Å²) in [6, 6.07) is 5.95. The van der Waals surface area contributed by atoms with Crippen LogP contribution >= 0.6 is 0 Å². The SMILES string of the molecule is CN(C)CCCN1CCOc2cc(CO)ccc21. The molecule has 0 atom stereocenters. The number of hydrogen-bond donors (Lipinski definition) is 1. The third kappa shape index (κ3) is 3.15. The molecule has 0 bridgehead atoms. The largest absolute Gasteiger partial charge is 0.490 e. The van der Waals surface area contributed by atoms with Crippen LogP contribution in [0.25, 0.3) is 0 Å². The van der Waals surface area contributed by atoms with E-state index >= 15 is 0 Å². The maximum atomic E-state index is 9.13. The van der Waals surface area contributed by atoms with Gasteiger partial charge in [-0.25, -0.2) is 0 Å². The van der Waals surface area contributed by atoms with Crippen molar-refractivity contribution in [3.63, 3.8) is 0 Å². The van der Waals surface area contributed by atoms with Crippen LogP contribution in [0.5, 0.6) is 5.75 Å². The molecule has 1 aliphatic heterocycles. The number of hydrogen-bond acceptors (Lipinski definition) is 4. The number of aliphatic hydroxyl groups is 1. The minimum atomic E-state index is 0.0667. The van der Waals surface area contributed by atoms with Crippen LogP contribution in [0, 0.1) is 0 Å². The predicted molar refractivity (Wildman–Crippen MR) is 73.2 cm³/mol. The molecule has 0 aliphatic carbocycles. The van der Waals surface area contributed by atoms with Gasteiger partial charge in [0.2, 0.25) is 0 Å². The Bertz CT molecular complexity index is 393. The smallest absolute Gasteiger partial charge is 0.143 e. The quantitative estimate of drug-likeness (QED) is 0.855. The lowest BCUT2D eigenvalue weighted by molar-refractivity contribution is 0.277. The van der Waals surface area contributed by atoms with Crippen molar-refractivity contribution in [1.29, 1.82) is 0 Å². The highest BCUT2D eigenvalue weighted by atomic mass is 16.5. The van der Waals surface area contributed by atoms with Crippen molar-refractivity contribution in [3.05, 3.63) is 23.8 Å². The minimum absolute atomic E-state index is 0.0667. The molecular formula is C14H22N2O2. The molecule has 2 rings (SSSR count). The number of aliphatic hydroxyl groups excluding tert-OH is 1. The van der Waals surface area contributed by atoms with Gasteiger partial charge in [-0.05, 0) is 44.8 Å². The van der Waals surface area contributed by atoms with Crippen molar-refractivity contribution in [2.75, 3.05) is 45.2 Å². The van der Waals surface area contributed by atoms with Gasteiger partial charge in [-0.15, -0.1) is 0 Å². The van der Waals surface area contributed by atoms with E-state index in [9.17, 15) is 0 Å². The molecule has 1 aromatic carbocycles. The molecule has 0 radical (unpaired) electrons. The van der Waals surface area contributed by atoms with E-state index in [0.717, 1.165) is 49.7 Å². The van der Waals surface area contributed by atoms with Crippen LogP contribution in [0.4, 0.5) is 5.69 Å². The maximum Gasteiger partial charge on any atom is 0.143 e. The number of fused-ring (bicyclic) bond motifs is 1. The van der Waals surface area contributed by atoms with Gasteiger partial charge in [0.05, 0.1) is 18.8 Å². The molecule has 4 heteroatoms. The first-order valence-electron chi connectivity index (χ1n) is 6.47. The van der Waals surface area contributed by atoms with Crippen LogP contribution in [0.1, 0.15) is 12.0 Å².